The number of rotatable bonds is 5. The third-order valence-corrected chi connectivity index (χ3v) is 4.27. The summed E-state index contributed by atoms with van der Waals surface area (Å²) in [6.45, 7) is 8.97. The van der Waals surface area contributed by atoms with Crippen LogP contribution in [0.4, 0.5) is 5.82 Å². The predicted octanol–water partition coefficient (Wildman–Crippen LogP) is 1.62. The number of hydrogen-bond acceptors (Lipinski definition) is 4. The Morgan fingerprint density at radius 2 is 2.20 bits per heavy atom. The van der Waals surface area contributed by atoms with Crippen LogP contribution in [0.1, 0.15) is 37.9 Å². The van der Waals surface area contributed by atoms with E-state index in [9.17, 15) is 0 Å². The molecule has 5 heteroatoms. The summed E-state index contributed by atoms with van der Waals surface area (Å²) in [5.41, 5.74) is 8.58. The van der Waals surface area contributed by atoms with E-state index in [4.69, 9.17) is 10.5 Å². The molecule has 0 spiro atoms. The van der Waals surface area contributed by atoms with Crippen LogP contribution in [0, 0.1) is 6.92 Å². The first-order valence-corrected chi connectivity index (χ1v) is 7.70. The molecule has 1 saturated heterocycles. The Bertz CT molecular complexity index is 443. The van der Waals surface area contributed by atoms with Crippen LogP contribution in [0.25, 0.3) is 0 Å². The van der Waals surface area contributed by atoms with Crippen LogP contribution in [0.2, 0.25) is 0 Å². The summed E-state index contributed by atoms with van der Waals surface area (Å²) in [5, 5.41) is 4.62. The van der Waals surface area contributed by atoms with E-state index in [1.165, 1.54) is 11.4 Å². The van der Waals surface area contributed by atoms with E-state index in [1.54, 1.807) is 0 Å². The highest BCUT2D eigenvalue weighted by molar-refractivity contribution is 5.52. The fourth-order valence-electron chi connectivity index (χ4n) is 2.97. The molecule has 2 unspecified atom stereocenters. The van der Waals surface area contributed by atoms with Crippen LogP contribution in [0.3, 0.4) is 0 Å². The molecular weight excluding hydrogens is 252 g/mol. The maximum atomic E-state index is 6.17. The summed E-state index contributed by atoms with van der Waals surface area (Å²) >= 11 is 0. The quantitative estimate of drug-likeness (QED) is 0.890. The van der Waals surface area contributed by atoms with E-state index in [2.05, 4.69) is 30.8 Å². The summed E-state index contributed by atoms with van der Waals surface area (Å²) in [6, 6.07) is 0.646. The van der Waals surface area contributed by atoms with Crippen molar-refractivity contribution < 1.29 is 4.74 Å². The van der Waals surface area contributed by atoms with Crippen molar-refractivity contribution in [1.82, 2.24) is 9.78 Å². The molecule has 1 aromatic rings. The van der Waals surface area contributed by atoms with E-state index in [0.717, 1.165) is 44.7 Å². The van der Waals surface area contributed by atoms with Crippen molar-refractivity contribution in [3.8, 4) is 0 Å². The molecule has 0 radical (unpaired) electrons. The van der Waals surface area contributed by atoms with Gasteiger partial charge in [0.2, 0.25) is 0 Å². The summed E-state index contributed by atoms with van der Waals surface area (Å²) < 4.78 is 7.63. The first-order valence-electron chi connectivity index (χ1n) is 7.70. The summed E-state index contributed by atoms with van der Waals surface area (Å²) in [4.78, 5) is 2.46. The van der Waals surface area contributed by atoms with Crippen molar-refractivity contribution in [1.29, 1.82) is 0 Å². The van der Waals surface area contributed by atoms with E-state index in [-0.39, 0.29) is 6.04 Å². The minimum absolute atomic E-state index is 0.206. The number of aryl methyl sites for hydroxylation is 2. The zero-order chi connectivity index (χ0) is 14.7. The molecule has 1 aromatic heterocycles. The Hall–Kier alpha value is -1.07. The topological polar surface area (TPSA) is 56.3 Å². The largest absolute Gasteiger partial charge is 0.377 e. The summed E-state index contributed by atoms with van der Waals surface area (Å²) in [5.74, 6) is 1.24. The van der Waals surface area contributed by atoms with Gasteiger partial charge in [-0.25, -0.2) is 0 Å². The normalized spacial score (nSPS) is 21.2. The highest BCUT2D eigenvalue weighted by Gasteiger charge is 2.28. The van der Waals surface area contributed by atoms with Crippen molar-refractivity contribution >= 4 is 5.82 Å². The molecule has 0 saturated carbocycles. The molecule has 2 N–H and O–H groups in total. The van der Waals surface area contributed by atoms with Gasteiger partial charge in [-0.2, -0.15) is 5.10 Å². The standard InChI is InChI=1S/C15H28N4O/c1-5-12(16)9-14-11(3)17-18(4)15(14)19-7-8-20-10-13(19)6-2/h12-13H,5-10,16H2,1-4H3. The Balaban J connectivity index is 2.33. The summed E-state index contributed by atoms with van der Waals surface area (Å²) in [7, 11) is 2.03. The number of aromatic nitrogens is 2. The average Bonchev–Trinajstić information content (AvgIpc) is 2.73. The van der Waals surface area contributed by atoms with Crippen molar-refractivity contribution in [2.75, 3.05) is 24.7 Å². The van der Waals surface area contributed by atoms with Gasteiger partial charge in [-0.15, -0.1) is 0 Å². The fraction of sp³-hybridized carbons (Fsp3) is 0.800. The van der Waals surface area contributed by atoms with Crippen LogP contribution in [0.5, 0.6) is 0 Å². The average molecular weight is 280 g/mol. The second kappa shape index (κ2) is 6.59. The van der Waals surface area contributed by atoms with Gasteiger partial charge in [0.15, 0.2) is 0 Å². The third-order valence-electron chi connectivity index (χ3n) is 4.27. The van der Waals surface area contributed by atoms with Crippen LogP contribution in [-0.2, 0) is 18.2 Å². The molecule has 2 rings (SSSR count). The third kappa shape index (κ3) is 2.99. The minimum atomic E-state index is 0.206. The van der Waals surface area contributed by atoms with Crippen LogP contribution < -0.4 is 10.6 Å². The van der Waals surface area contributed by atoms with Crippen molar-refractivity contribution in [3.05, 3.63) is 11.3 Å². The van der Waals surface area contributed by atoms with Gasteiger partial charge < -0.3 is 15.4 Å². The lowest BCUT2D eigenvalue weighted by molar-refractivity contribution is 0.0921. The molecule has 114 valence electrons. The monoisotopic (exact) mass is 280 g/mol. The maximum Gasteiger partial charge on any atom is 0.130 e. The zero-order valence-corrected chi connectivity index (χ0v) is 13.2. The molecule has 0 bridgehead atoms. The lowest BCUT2D eigenvalue weighted by atomic mass is 10.0. The van der Waals surface area contributed by atoms with E-state index in [1.807, 2.05) is 11.7 Å². The Morgan fingerprint density at radius 3 is 2.85 bits per heavy atom. The Labute approximate surface area is 122 Å². The number of nitrogens with zero attached hydrogens (tertiary/aromatic N) is 3. The number of morpholine rings is 1. The fourth-order valence-corrected chi connectivity index (χ4v) is 2.97. The molecule has 20 heavy (non-hydrogen) atoms. The zero-order valence-electron chi connectivity index (χ0n) is 13.2. The van der Waals surface area contributed by atoms with Gasteiger partial charge in [0, 0.05) is 25.2 Å². The molecule has 5 nitrogen and oxygen atoms in total. The molecule has 0 aromatic carbocycles. The smallest absolute Gasteiger partial charge is 0.130 e. The molecule has 2 atom stereocenters. The van der Waals surface area contributed by atoms with Gasteiger partial charge in [-0.3, -0.25) is 4.68 Å². The molecule has 0 amide bonds. The number of nitrogens with two attached hydrogens (primary N) is 1. The van der Waals surface area contributed by atoms with Crippen LogP contribution in [0.15, 0.2) is 0 Å². The number of anilines is 1. The van der Waals surface area contributed by atoms with Gasteiger partial charge in [0.05, 0.1) is 24.9 Å². The van der Waals surface area contributed by atoms with Crippen molar-refractivity contribution in [2.45, 2.75) is 52.1 Å². The van der Waals surface area contributed by atoms with Crippen LogP contribution in [-0.4, -0.2) is 41.6 Å². The molecule has 1 aliphatic rings. The van der Waals surface area contributed by atoms with E-state index >= 15 is 0 Å². The SMILES string of the molecule is CCC(N)Cc1c(C)nn(C)c1N1CCOCC1CC. The lowest BCUT2D eigenvalue weighted by Gasteiger charge is -2.37. The van der Waals surface area contributed by atoms with Gasteiger partial charge in [0.1, 0.15) is 5.82 Å². The van der Waals surface area contributed by atoms with Crippen molar-refractivity contribution in [3.63, 3.8) is 0 Å². The highest BCUT2D eigenvalue weighted by atomic mass is 16.5. The lowest BCUT2D eigenvalue weighted by Crippen LogP contribution is -2.46. The van der Waals surface area contributed by atoms with Crippen LogP contribution >= 0.6 is 0 Å². The number of hydrogen-bond donors (Lipinski definition) is 1. The first-order chi connectivity index (χ1) is 9.58. The molecule has 0 aliphatic carbocycles. The maximum absolute atomic E-state index is 6.17. The molecular formula is C15H28N4O. The Kier molecular flexibility index (Phi) is 5.05. The van der Waals surface area contributed by atoms with Crippen molar-refractivity contribution in [2.24, 2.45) is 12.8 Å². The first kappa shape index (κ1) is 15.3. The molecule has 1 fully saturated rings. The van der Waals surface area contributed by atoms with Gasteiger partial charge >= 0.3 is 0 Å². The highest BCUT2D eigenvalue weighted by Crippen LogP contribution is 2.28. The minimum Gasteiger partial charge on any atom is -0.377 e. The van der Waals surface area contributed by atoms with Gasteiger partial charge in [-0.05, 0) is 26.2 Å². The van der Waals surface area contributed by atoms with Gasteiger partial charge in [0.25, 0.3) is 0 Å². The van der Waals surface area contributed by atoms with E-state index in [0.29, 0.717) is 6.04 Å². The molecule has 2 heterocycles. The predicted molar refractivity (Wildman–Crippen MR) is 82.2 cm³/mol. The second-order valence-electron chi connectivity index (χ2n) is 5.71. The number of ether oxygens (including phenoxy) is 1. The van der Waals surface area contributed by atoms with Gasteiger partial charge in [-0.1, -0.05) is 13.8 Å². The second-order valence-corrected chi connectivity index (χ2v) is 5.71. The summed E-state index contributed by atoms with van der Waals surface area (Å²) in [6.07, 6.45) is 2.98. The Morgan fingerprint density at radius 1 is 1.45 bits per heavy atom. The molecule has 1 aliphatic heterocycles. The van der Waals surface area contributed by atoms with E-state index < -0.39 is 0 Å².